The van der Waals surface area contributed by atoms with Crippen molar-refractivity contribution in [3.05, 3.63) is 33.9 Å². The van der Waals surface area contributed by atoms with E-state index in [1.807, 2.05) is 6.07 Å². The Morgan fingerprint density at radius 1 is 1.37 bits per heavy atom. The molecule has 100 valence electrons. The number of anilines is 1. The second kappa shape index (κ2) is 5.27. The van der Waals surface area contributed by atoms with E-state index in [1.165, 1.54) is 18.6 Å². The maximum absolute atomic E-state index is 11.0. The smallest absolute Gasteiger partial charge is 0.289 e. The van der Waals surface area contributed by atoms with E-state index in [0.29, 0.717) is 11.8 Å². The summed E-state index contributed by atoms with van der Waals surface area (Å²) < 4.78 is 0. The van der Waals surface area contributed by atoms with Crippen molar-refractivity contribution in [2.24, 2.45) is 11.8 Å². The summed E-state index contributed by atoms with van der Waals surface area (Å²) in [6.45, 7) is 6.21. The van der Waals surface area contributed by atoms with Crippen LogP contribution in [0.3, 0.4) is 0 Å². The summed E-state index contributed by atoms with van der Waals surface area (Å²) in [5, 5.41) is 19.9. The van der Waals surface area contributed by atoms with Gasteiger partial charge in [0, 0.05) is 24.8 Å². The quantitative estimate of drug-likeness (QED) is 0.604. The van der Waals surface area contributed by atoms with Crippen LogP contribution in [0.5, 0.6) is 0 Å². The van der Waals surface area contributed by atoms with Crippen LogP contribution < -0.4 is 4.90 Å². The van der Waals surface area contributed by atoms with Gasteiger partial charge in [0.05, 0.1) is 4.92 Å². The maximum atomic E-state index is 11.0. The fourth-order valence-electron chi connectivity index (χ4n) is 2.84. The molecule has 1 aliphatic heterocycles. The van der Waals surface area contributed by atoms with E-state index >= 15 is 0 Å². The molecule has 5 heteroatoms. The van der Waals surface area contributed by atoms with Crippen LogP contribution in [-0.4, -0.2) is 18.0 Å². The van der Waals surface area contributed by atoms with Crippen LogP contribution in [0.4, 0.5) is 11.4 Å². The summed E-state index contributed by atoms with van der Waals surface area (Å²) in [5.74, 6) is 1.16. The second-order valence-electron chi connectivity index (χ2n) is 5.42. The summed E-state index contributed by atoms with van der Waals surface area (Å²) in [6, 6.07) is 6.72. The van der Waals surface area contributed by atoms with Crippen molar-refractivity contribution in [1.29, 1.82) is 5.26 Å². The molecule has 2 atom stereocenters. The number of nitro benzene ring substituents is 1. The molecule has 0 bridgehead atoms. The predicted molar refractivity (Wildman–Crippen MR) is 73.0 cm³/mol. The van der Waals surface area contributed by atoms with Gasteiger partial charge in [-0.25, -0.2) is 0 Å². The molecule has 1 saturated heterocycles. The lowest BCUT2D eigenvalue weighted by Gasteiger charge is -2.36. The van der Waals surface area contributed by atoms with Gasteiger partial charge in [-0.1, -0.05) is 13.8 Å². The predicted octanol–water partition coefficient (Wildman–Crippen LogP) is 2.95. The van der Waals surface area contributed by atoms with Crippen molar-refractivity contribution in [2.75, 3.05) is 18.0 Å². The summed E-state index contributed by atoms with van der Waals surface area (Å²) in [4.78, 5) is 12.7. The molecule has 0 aliphatic carbocycles. The van der Waals surface area contributed by atoms with Crippen LogP contribution in [0.2, 0.25) is 0 Å². The molecule has 0 spiro atoms. The third-order valence-corrected chi connectivity index (χ3v) is 3.53. The number of nitrogens with zero attached hydrogens (tertiary/aromatic N) is 3. The number of piperidine rings is 1. The van der Waals surface area contributed by atoms with E-state index in [0.717, 1.165) is 18.8 Å². The fourth-order valence-corrected chi connectivity index (χ4v) is 2.84. The highest BCUT2D eigenvalue weighted by atomic mass is 16.6. The lowest BCUT2D eigenvalue weighted by atomic mass is 9.91. The Morgan fingerprint density at radius 3 is 2.53 bits per heavy atom. The van der Waals surface area contributed by atoms with E-state index in [9.17, 15) is 10.1 Å². The summed E-state index contributed by atoms with van der Waals surface area (Å²) >= 11 is 0. The van der Waals surface area contributed by atoms with E-state index in [4.69, 9.17) is 5.26 Å². The average Bonchev–Trinajstić information content (AvgIpc) is 2.36. The number of benzene rings is 1. The lowest BCUT2D eigenvalue weighted by molar-refractivity contribution is -0.385. The Morgan fingerprint density at radius 2 is 2.00 bits per heavy atom. The molecule has 1 aliphatic rings. The van der Waals surface area contributed by atoms with Gasteiger partial charge in [0.25, 0.3) is 5.69 Å². The van der Waals surface area contributed by atoms with E-state index in [-0.39, 0.29) is 11.3 Å². The number of hydrogen-bond donors (Lipinski definition) is 0. The first-order valence-electron chi connectivity index (χ1n) is 6.44. The number of nitro groups is 1. The zero-order valence-corrected chi connectivity index (χ0v) is 11.2. The molecule has 1 heterocycles. The highest BCUT2D eigenvalue weighted by Crippen LogP contribution is 2.30. The molecule has 0 N–H and O–H groups in total. The van der Waals surface area contributed by atoms with Crippen molar-refractivity contribution in [1.82, 2.24) is 0 Å². The maximum Gasteiger partial charge on any atom is 0.289 e. The first-order chi connectivity index (χ1) is 9.01. The number of rotatable bonds is 2. The van der Waals surface area contributed by atoms with E-state index in [2.05, 4.69) is 18.7 Å². The molecule has 0 aromatic heterocycles. The topological polar surface area (TPSA) is 70.2 Å². The minimum Gasteiger partial charge on any atom is -0.371 e. The highest BCUT2D eigenvalue weighted by molar-refractivity contribution is 5.60. The molecule has 0 amide bonds. The number of hydrogen-bond acceptors (Lipinski definition) is 4. The highest BCUT2D eigenvalue weighted by Gasteiger charge is 2.24. The normalized spacial score (nSPS) is 22.9. The Hall–Kier alpha value is -2.09. The van der Waals surface area contributed by atoms with Gasteiger partial charge in [0.15, 0.2) is 0 Å². The molecule has 1 aromatic rings. The van der Waals surface area contributed by atoms with Crippen molar-refractivity contribution < 1.29 is 4.92 Å². The molecule has 0 saturated carbocycles. The average molecular weight is 259 g/mol. The Balaban J connectivity index is 2.33. The van der Waals surface area contributed by atoms with Gasteiger partial charge in [0.1, 0.15) is 11.6 Å². The Labute approximate surface area is 112 Å². The van der Waals surface area contributed by atoms with Gasteiger partial charge in [-0.15, -0.1) is 0 Å². The lowest BCUT2D eigenvalue weighted by Crippen LogP contribution is -2.38. The van der Waals surface area contributed by atoms with Crippen LogP contribution in [0.1, 0.15) is 25.8 Å². The van der Waals surface area contributed by atoms with Crippen molar-refractivity contribution in [3.8, 4) is 6.07 Å². The molecule has 2 rings (SSSR count). The van der Waals surface area contributed by atoms with Crippen molar-refractivity contribution in [3.63, 3.8) is 0 Å². The summed E-state index contributed by atoms with van der Waals surface area (Å²) in [6.07, 6.45) is 1.19. The summed E-state index contributed by atoms with van der Waals surface area (Å²) in [5.41, 5.74) is 0.849. The Kier molecular flexibility index (Phi) is 3.70. The van der Waals surface area contributed by atoms with Crippen LogP contribution >= 0.6 is 0 Å². The van der Waals surface area contributed by atoms with Gasteiger partial charge in [-0.2, -0.15) is 5.26 Å². The monoisotopic (exact) mass is 259 g/mol. The molecular weight excluding hydrogens is 242 g/mol. The standard InChI is InChI=1S/C14H17N3O2/c1-10-5-11(2)9-16(8-10)13-4-3-12(7-15)14(6-13)17(18)19/h3-4,6,10-11H,5,8-9H2,1-2H3. The minimum absolute atomic E-state index is 0.106. The second-order valence-corrected chi connectivity index (χ2v) is 5.42. The zero-order chi connectivity index (χ0) is 14.0. The molecule has 19 heavy (non-hydrogen) atoms. The number of nitriles is 1. The van der Waals surface area contributed by atoms with Gasteiger partial charge >= 0.3 is 0 Å². The molecule has 1 aromatic carbocycles. The molecular formula is C14H17N3O2. The van der Waals surface area contributed by atoms with Crippen LogP contribution in [0.15, 0.2) is 18.2 Å². The van der Waals surface area contributed by atoms with Crippen LogP contribution in [0.25, 0.3) is 0 Å². The SMILES string of the molecule is CC1CC(C)CN(c2ccc(C#N)c([N+](=O)[O-])c2)C1. The van der Waals surface area contributed by atoms with Gasteiger partial charge in [-0.3, -0.25) is 10.1 Å². The van der Waals surface area contributed by atoms with E-state index < -0.39 is 4.92 Å². The summed E-state index contributed by atoms with van der Waals surface area (Å²) in [7, 11) is 0. The van der Waals surface area contributed by atoms with Gasteiger partial charge in [0.2, 0.25) is 0 Å². The van der Waals surface area contributed by atoms with E-state index in [1.54, 1.807) is 6.07 Å². The first-order valence-corrected chi connectivity index (χ1v) is 6.44. The van der Waals surface area contributed by atoms with Crippen LogP contribution in [0, 0.1) is 33.3 Å². The fraction of sp³-hybridized carbons (Fsp3) is 0.500. The molecule has 0 radical (unpaired) electrons. The molecule has 2 unspecified atom stereocenters. The van der Waals surface area contributed by atoms with Gasteiger partial charge < -0.3 is 4.90 Å². The van der Waals surface area contributed by atoms with Crippen LogP contribution in [-0.2, 0) is 0 Å². The third kappa shape index (κ3) is 2.84. The first kappa shape index (κ1) is 13.3. The largest absolute Gasteiger partial charge is 0.371 e. The van der Waals surface area contributed by atoms with Gasteiger partial charge in [-0.05, 0) is 30.4 Å². The minimum atomic E-state index is -0.487. The third-order valence-electron chi connectivity index (χ3n) is 3.53. The Bertz CT molecular complexity index is 526. The van der Waals surface area contributed by atoms with Crippen molar-refractivity contribution >= 4 is 11.4 Å². The molecule has 1 fully saturated rings. The molecule has 5 nitrogen and oxygen atoms in total. The van der Waals surface area contributed by atoms with Crippen molar-refractivity contribution in [2.45, 2.75) is 20.3 Å². The zero-order valence-electron chi connectivity index (χ0n) is 11.2.